The molecule has 1 unspecified atom stereocenters. The summed E-state index contributed by atoms with van der Waals surface area (Å²) in [5.74, 6) is 1.32. The van der Waals surface area contributed by atoms with Crippen LogP contribution in [0.4, 0.5) is 0 Å². The van der Waals surface area contributed by atoms with Crippen LogP contribution in [0.5, 0.6) is 11.5 Å². The molecule has 0 spiro atoms. The number of carbonyl (C=O) groups excluding carboxylic acids is 1. The van der Waals surface area contributed by atoms with Gasteiger partial charge in [0.1, 0.15) is 17.6 Å². The molecule has 0 radical (unpaired) electrons. The van der Waals surface area contributed by atoms with Gasteiger partial charge in [-0.15, -0.1) is 0 Å². The average molecular weight is 326 g/mol. The highest BCUT2D eigenvalue weighted by molar-refractivity contribution is 6.32. The number of aliphatic hydroxyl groups is 1. The van der Waals surface area contributed by atoms with Crippen LogP contribution in [0.2, 0.25) is 5.02 Å². The first-order valence-corrected chi connectivity index (χ1v) is 7.99. The van der Waals surface area contributed by atoms with Crippen molar-refractivity contribution < 1.29 is 19.4 Å². The molecule has 3 rings (SSSR count). The summed E-state index contributed by atoms with van der Waals surface area (Å²) in [4.78, 5) is 13.2. The van der Waals surface area contributed by atoms with Crippen molar-refractivity contribution in [2.75, 3.05) is 19.7 Å². The van der Waals surface area contributed by atoms with Gasteiger partial charge in [-0.25, -0.2) is 0 Å². The summed E-state index contributed by atoms with van der Waals surface area (Å²) < 4.78 is 11.6. The number of aliphatic hydroxyl groups excluding tert-OH is 1. The third kappa shape index (κ3) is 3.15. The second-order valence-electron chi connectivity index (χ2n) is 5.80. The lowest BCUT2D eigenvalue weighted by Crippen LogP contribution is -2.40. The number of nitrogens with zero attached hydrogens (tertiary/aromatic N) is 1. The number of halogens is 1. The van der Waals surface area contributed by atoms with Crippen LogP contribution in [0, 0.1) is 0 Å². The minimum Gasteiger partial charge on any atom is -0.493 e. The maximum absolute atomic E-state index is 11.3. The topological polar surface area (TPSA) is 59.0 Å². The number of benzene rings is 1. The lowest BCUT2D eigenvalue weighted by molar-refractivity contribution is -0.130. The van der Waals surface area contributed by atoms with Gasteiger partial charge in [0, 0.05) is 50.9 Å². The zero-order chi connectivity index (χ0) is 15.7. The van der Waals surface area contributed by atoms with Crippen LogP contribution in [0.25, 0.3) is 0 Å². The van der Waals surface area contributed by atoms with Gasteiger partial charge in [0.15, 0.2) is 0 Å². The molecule has 1 aromatic rings. The fourth-order valence-corrected chi connectivity index (χ4v) is 3.15. The third-order valence-corrected chi connectivity index (χ3v) is 4.55. The maximum Gasteiger partial charge on any atom is 0.219 e. The summed E-state index contributed by atoms with van der Waals surface area (Å²) in [7, 11) is 0. The number of rotatable bonds is 2. The van der Waals surface area contributed by atoms with Gasteiger partial charge >= 0.3 is 0 Å². The lowest BCUT2D eigenvalue weighted by Gasteiger charge is -2.32. The summed E-state index contributed by atoms with van der Waals surface area (Å²) in [6, 6.07) is 3.48. The van der Waals surface area contributed by atoms with E-state index in [4.69, 9.17) is 21.1 Å². The maximum atomic E-state index is 11.3. The van der Waals surface area contributed by atoms with Gasteiger partial charge in [-0.2, -0.15) is 0 Å². The molecule has 5 nitrogen and oxygen atoms in total. The summed E-state index contributed by atoms with van der Waals surface area (Å²) in [6.07, 6.45) is 1.66. The SMILES string of the molecule is CC(=O)N1CCC(Oc2cc3c(cc2Cl)C(O)CCO3)CC1. The van der Waals surface area contributed by atoms with E-state index in [0.29, 0.717) is 42.6 Å². The number of likely N-dealkylation sites (tertiary alicyclic amines) is 1. The predicted octanol–water partition coefficient (Wildman–Crippen LogP) is 2.55. The zero-order valence-corrected chi connectivity index (χ0v) is 13.3. The Bertz CT molecular complexity index is 570. The first-order chi connectivity index (χ1) is 10.5. The summed E-state index contributed by atoms with van der Waals surface area (Å²) >= 11 is 6.27. The zero-order valence-electron chi connectivity index (χ0n) is 12.5. The Morgan fingerprint density at radius 1 is 1.36 bits per heavy atom. The Kier molecular flexibility index (Phi) is 4.45. The van der Waals surface area contributed by atoms with Crippen molar-refractivity contribution >= 4 is 17.5 Å². The summed E-state index contributed by atoms with van der Waals surface area (Å²) in [6.45, 7) is 3.49. The monoisotopic (exact) mass is 325 g/mol. The van der Waals surface area contributed by atoms with E-state index < -0.39 is 6.10 Å². The third-order valence-electron chi connectivity index (χ3n) is 4.25. The highest BCUT2D eigenvalue weighted by atomic mass is 35.5. The second-order valence-corrected chi connectivity index (χ2v) is 6.20. The van der Waals surface area contributed by atoms with Gasteiger partial charge in [-0.1, -0.05) is 11.6 Å². The first kappa shape index (κ1) is 15.4. The van der Waals surface area contributed by atoms with E-state index in [2.05, 4.69) is 0 Å². The van der Waals surface area contributed by atoms with E-state index in [-0.39, 0.29) is 12.0 Å². The van der Waals surface area contributed by atoms with Crippen molar-refractivity contribution in [3.05, 3.63) is 22.7 Å². The fourth-order valence-electron chi connectivity index (χ4n) is 2.93. The first-order valence-electron chi connectivity index (χ1n) is 7.61. The smallest absolute Gasteiger partial charge is 0.219 e. The molecular formula is C16H20ClNO4. The molecule has 1 N–H and O–H groups in total. The van der Waals surface area contributed by atoms with Crippen LogP contribution in [0.3, 0.4) is 0 Å². The summed E-state index contributed by atoms with van der Waals surface area (Å²) in [5, 5.41) is 10.4. The summed E-state index contributed by atoms with van der Waals surface area (Å²) in [5.41, 5.74) is 0.718. The van der Waals surface area contributed by atoms with E-state index in [1.165, 1.54) is 0 Å². The molecule has 1 amide bonds. The van der Waals surface area contributed by atoms with Crippen LogP contribution in [0.15, 0.2) is 12.1 Å². The van der Waals surface area contributed by atoms with E-state index in [1.807, 2.05) is 4.90 Å². The molecule has 2 heterocycles. The number of fused-ring (bicyclic) bond motifs is 1. The van der Waals surface area contributed by atoms with Gasteiger partial charge in [0.05, 0.1) is 17.7 Å². The molecule has 1 atom stereocenters. The van der Waals surface area contributed by atoms with Crippen LogP contribution in [-0.2, 0) is 4.79 Å². The molecule has 1 fully saturated rings. The molecule has 2 aliphatic rings. The van der Waals surface area contributed by atoms with E-state index in [9.17, 15) is 9.90 Å². The number of hydrogen-bond donors (Lipinski definition) is 1. The van der Waals surface area contributed by atoms with Gasteiger partial charge in [-0.3, -0.25) is 4.79 Å². The Morgan fingerprint density at radius 2 is 2.09 bits per heavy atom. The van der Waals surface area contributed by atoms with Gasteiger partial charge in [0.25, 0.3) is 0 Å². The number of ether oxygens (including phenoxy) is 2. The Morgan fingerprint density at radius 3 is 2.77 bits per heavy atom. The van der Waals surface area contributed by atoms with Gasteiger partial charge in [0.2, 0.25) is 5.91 Å². The van der Waals surface area contributed by atoms with Crippen LogP contribution >= 0.6 is 11.6 Å². The highest BCUT2D eigenvalue weighted by Crippen LogP contribution is 2.40. The minimum atomic E-state index is -0.533. The number of amides is 1. The van der Waals surface area contributed by atoms with Crippen molar-refractivity contribution in [1.82, 2.24) is 4.90 Å². The normalized spacial score (nSPS) is 22.0. The van der Waals surface area contributed by atoms with E-state index >= 15 is 0 Å². The van der Waals surface area contributed by atoms with Crippen molar-refractivity contribution in [2.45, 2.75) is 38.4 Å². The average Bonchev–Trinajstić information content (AvgIpc) is 2.50. The highest BCUT2D eigenvalue weighted by Gasteiger charge is 2.25. The van der Waals surface area contributed by atoms with E-state index in [0.717, 1.165) is 18.4 Å². The molecule has 0 bridgehead atoms. The van der Waals surface area contributed by atoms with Crippen molar-refractivity contribution in [3.8, 4) is 11.5 Å². The molecule has 0 aliphatic carbocycles. The predicted molar refractivity (Wildman–Crippen MR) is 82.4 cm³/mol. The van der Waals surface area contributed by atoms with Crippen LogP contribution in [0.1, 0.15) is 37.9 Å². The number of hydrogen-bond acceptors (Lipinski definition) is 4. The molecular weight excluding hydrogens is 306 g/mol. The Labute approximate surface area is 134 Å². The molecule has 2 aliphatic heterocycles. The van der Waals surface area contributed by atoms with E-state index in [1.54, 1.807) is 19.1 Å². The molecule has 1 saturated heterocycles. The number of carbonyl (C=O) groups is 1. The Balaban J connectivity index is 1.70. The van der Waals surface area contributed by atoms with Crippen molar-refractivity contribution in [2.24, 2.45) is 0 Å². The minimum absolute atomic E-state index is 0.0414. The van der Waals surface area contributed by atoms with Gasteiger partial charge < -0.3 is 19.5 Å². The lowest BCUT2D eigenvalue weighted by atomic mass is 10.0. The molecule has 0 aromatic heterocycles. The Hall–Kier alpha value is -1.46. The number of piperidine rings is 1. The van der Waals surface area contributed by atoms with Crippen molar-refractivity contribution in [1.29, 1.82) is 0 Å². The molecule has 6 heteroatoms. The van der Waals surface area contributed by atoms with Gasteiger partial charge in [-0.05, 0) is 6.07 Å². The molecule has 1 aromatic carbocycles. The quantitative estimate of drug-likeness (QED) is 0.908. The van der Waals surface area contributed by atoms with Crippen LogP contribution < -0.4 is 9.47 Å². The van der Waals surface area contributed by atoms with Crippen LogP contribution in [-0.4, -0.2) is 41.7 Å². The van der Waals surface area contributed by atoms with Crippen molar-refractivity contribution in [3.63, 3.8) is 0 Å². The standard InChI is InChI=1S/C16H20ClNO4/c1-10(19)18-5-2-11(3-6-18)22-16-9-15-12(8-13(16)17)14(20)4-7-21-15/h8-9,11,14,20H,2-7H2,1H3. The molecule has 120 valence electrons. The molecule has 22 heavy (non-hydrogen) atoms. The molecule has 0 saturated carbocycles. The largest absolute Gasteiger partial charge is 0.493 e. The fraction of sp³-hybridized carbons (Fsp3) is 0.562. The second kappa shape index (κ2) is 6.34.